The van der Waals surface area contributed by atoms with E-state index >= 15 is 0 Å². The Labute approximate surface area is 146 Å². The van der Waals surface area contributed by atoms with Crippen molar-refractivity contribution in [3.8, 4) is 17.1 Å². The molecule has 3 rings (SSSR count). The molecule has 128 valence electrons. The highest BCUT2D eigenvalue weighted by molar-refractivity contribution is 6.33. The maximum atomic E-state index is 12.2. The highest BCUT2D eigenvalue weighted by Gasteiger charge is 2.13. The third kappa shape index (κ3) is 4.16. The zero-order valence-electron chi connectivity index (χ0n) is 12.6. The maximum Gasteiger partial charge on any atom is 0.387 e. The first kappa shape index (κ1) is 17.0. The van der Waals surface area contributed by atoms with Crippen LogP contribution in [-0.4, -0.2) is 32.6 Å². The molecule has 0 radical (unpaired) electrons. The number of hydrogen-bond acceptors (Lipinski definition) is 5. The van der Waals surface area contributed by atoms with Crippen LogP contribution in [0.3, 0.4) is 0 Å². The standard InChI is InChI=1S/C16H11ClF2N4O2/c17-13-4-2-1-3-12(13)15-20-22-23(21-15)9-14(24)10-5-7-11(8-6-10)25-16(18)19/h1-8,16H,9H2. The smallest absolute Gasteiger partial charge is 0.387 e. The Hall–Kier alpha value is -2.87. The van der Waals surface area contributed by atoms with Gasteiger partial charge in [-0.05, 0) is 41.6 Å². The van der Waals surface area contributed by atoms with Gasteiger partial charge in [-0.25, -0.2) is 0 Å². The monoisotopic (exact) mass is 364 g/mol. The van der Waals surface area contributed by atoms with Crippen LogP contribution in [0.2, 0.25) is 5.02 Å². The lowest BCUT2D eigenvalue weighted by Crippen LogP contribution is -2.13. The molecule has 9 heteroatoms. The van der Waals surface area contributed by atoms with E-state index in [1.165, 1.54) is 24.3 Å². The van der Waals surface area contributed by atoms with Crippen molar-refractivity contribution in [1.29, 1.82) is 0 Å². The van der Waals surface area contributed by atoms with Gasteiger partial charge in [-0.2, -0.15) is 13.6 Å². The number of carbonyl (C=O) groups is 1. The lowest BCUT2D eigenvalue weighted by atomic mass is 10.1. The largest absolute Gasteiger partial charge is 0.435 e. The lowest BCUT2D eigenvalue weighted by molar-refractivity contribution is -0.0498. The summed E-state index contributed by atoms with van der Waals surface area (Å²) in [5, 5.41) is 12.3. The van der Waals surface area contributed by atoms with E-state index in [-0.39, 0.29) is 18.1 Å². The molecule has 1 aromatic heterocycles. The van der Waals surface area contributed by atoms with E-state index in [2.05, 4.69) is 20.1 Å². The first-order chi connectivity index (χ1) is 12.0. The molecule has 2 aromatic carbocycles. The van der Waals surface area contributed by atoms with Crippen LogP contribution >= 0.6 is 11.6 Å². The summed E-state index contributed by atoms with van der Waals surface area (Å²) in [6, 6.07) is 12.4. The van der Waals surface area contributed by atoms with Crippen LogP contribution in [0.1, 0.15) is 10.4 Å². The molecule has 3 aromatic rings. The number of benzene rings is 2. The number of nitrogens with zero attached hydrogens (tertiary/aromatic N) is 4. The van der Waals surface area contributed by atoms with Gasteiger partial charge in [-0.1, -0.05) is 23.7 Å². The molecule has 0 N–H and O–H groups in total. The Morgan fingerprint density at radius 1 is 1.16 bits per heavy atom. The van der Waals surface area contributed by atoms with E-state index in [1.54, 1.807) is 24.3 Å². The fraction of sp³-hybridized carbons (Fsp3) is 0.125. The van der Waals surface area contributed by atoms with Crippen molar-refractivity contribution in [1.82, 2.24) is 20.2 Å². The fourth-order valence-corrected chi connectivity index (χ4v) is 2.32. The molecule has 0 aliphatic heterocycles. The molecule has 25 heavy (non-hydrogen) atoms. The second-order valence-corrected chi connectivity index (χ2v) is 5.36. The second-order valence-electron chi connectivity index (χ2n) is 4.95. The van der Waals surface area contributed by atoms with Gasteiger partial charge in [0.05, 0.1) is 5.02 Å². The lowest BCUT2D eigenvalue weighted by Gasteiger charge is -2.05. The first-order valence-electron chi connectivity index (χ1n) is 7.14. The topological polar surface area (TPSA) is 69.9 Å². The van der Waals surface area contributed by atoms with Gasteiger partial charge in [0.1, 0.15) is 12.3 Å². The Morgan fingerprint density at radius 2 is 1.88 bits per heavy atom. The van der Waals surface area contributed by atoms with Crippen LogP contribution in [0, 0.1) is 0 Å². The molecule has 0 unspecified atom stereocenters. The van der Waals surface area contributed by atoms with Crippen molar-refractivity contribution in [2.75, 3.05) is 0 Å². The van der Waals surface area contributed by atoms with Crippen molar-refractivity contribution < 1.29 is 18.3 Å². The minimum absolute atomic E-state index is 0.0218. The average Bonchev–Trinajstić information content (AvgIpc) is 3.03. The van der Waals surface area contributed by atoms with Gasteiger partial charge in [0.25, 0.3) is 0 Å². The van der Waals surface area contributed by atoms with E-state index in [4.69, 9.17) is 11.6 Å². The number of alkyl halides is 2. The zero-order valence-corrected chi connectivity index (χ0v) is 13.4. The van der Waals surface area contributed by atoms with Gasteiger partial charge in [0.2, 0.25) is 5.82 Å². The van der Waals surface area contributed by atoms with Crippen LogP contribution < -0.4 is 4.74 Å². The predicted octanol–water partition coefficient (Wildman–Crippen LogP) is 3.48. The molecule has 0 bridgehead atoms. The van der Waals surface area contributed by atoms with Crippen LogP contribution in [0.25, 0.3) is 11.4 Å². The summed E-state index contributed by atoms with van der Waals surface area (Å²) in [6.45, 7) is -3.06. The second kappa shape index (κ2) is 7.35. The molecular weight excluding hydrogens is 354 g/mol. The Morgan fingerprint density at radius 3 is 2.56 bits per heavy atom. The molecule has 0 aliphatic carbocycles. The Balaban J connectivity index is 1.70. The quantitative estimate of drug-likeness (QED) is 0.626. The summed E-state index contributed by atoms with van der Waals surface area (Å²) in [5.74, 6) is -0.0165. The molecule has 0 saturated carbocycles. The third-order valence-corrected chi connectivity index (χ3v) is 3.58. The minimum atomic E-state index is -2.91. The van der Waals surface area contributed by atoms with Crippen LogP contribution in [-0.2, 0) is 6.54 Å². The fourth-order valence-electron chi connectivity index (χ4n) is 2.10. The zero-order chi connectivity index (χ0) is 17.8. The normalized spacial score (nSPS) is 10.9. The molecule has 0 saturated heterocycles. The molecule has 0 fully saturated rings. The number of halogens is 3. The SMILES string of the molecule is O=C(Cn1nnc(-c2ccccc2Cl)n1)c1ccc(OC(F)F)cc1. The number of ketones is 1. The summed E-state index contributed by atoms with van der Waals surface area (Å²) in [5.41, 5.74) is 0.926. The molecule has 0 aliphatic rings. The van der Waals surface area contributed by atoms with Crippen molar-refractivity contribution in [3.05, 3.63) is 59.1 Å². The van der Waals surface area contributed by atoms with E-state index in [0.717, 1.165) is 4.80 Å². The molecule has 0 atom stereocenters. The van der Waals surface area contributed by atoms with Crippen LogP contribution in [0.5, 0.6) is 5.75 Å². The number of rotatable bonds is 6. The summed E-state index contributed by atoms with van der Waals surface area (Å²) < 4.78 is 28.5. The van der Waals surface area contributed by atoms with Crippen molar-refractivity contribution in [2.24, 2.45) is 0 Å². The summed E-state index contributed by atoms with van der Waals surface area (Å²) in [7, 11) is 0. The van der Waals surface area contributed by atoms with Crippen LogP contribution in [0.15, 0.2) is 48.5 Å². The van der Waals surface area contributed by atoms with E-state index < -0.39 is 6.61 Å². The van der Waals surface area contributed by atoms with E-state index in [1.807, 2.05) is 0 Å². The van der Waals surface area contributed by atoms with Gasteiger partial charge in [0, 0.05) is 11.1 Å². The van der Waals surface area contributed by atoms with Gasteiger partial charge in [-0.15, -0.1) is 10.2 Å². The minimum Gasteiger partial charge on any atom is -0.435 e. The Kier molecular flexibility index (Phi) is 4.99. The number of ether oxygens (including phenoxy) is 1. The average molecular weight is 365 g/mol. The molecular formula is C16H11ClF2N4O2. The highest BCUT2D eigenvalue weighted by Crippen LogP contribution is 2.23. The number of tetrazole rings is 1. The molecule has 0 spiro atoms. The van der Waals surface area contributed by atoms with Crippen molar-refractivity contribution in [3.63, 3.8) is 0 Å². The van der Waals surface area contributed by atoms with Gasteiger partial charge < -0.3 is 4.74 Å². The predicted molar refractivity (Wildman–Crippen MR) is 85.7 cm³/mol. The van der Waals surface area contributed by atoms with Crippen molar-refractivity contribution >= 4 is 17.4 Å². The Bertz CT molecular complexity index is 884. The van der Waals surface area contributed by atoms with E-state index in [0.29, 0.717) is 22.0 Å². The van der Waals surface area contributed by atoms with Gasteiger partial charge in [-0.3, -0.25) is 4.79 Å². The molecule has 1 heterocycles. The first-order valence-corrected chi connectivity index (χ1v) is 7.51. The summed E-state index contributed by atoms with van der Waals surface area (Å²) in [4.78, 5) is 13.4. The molecule has 6 nitrogen and oxygen atoms in total. The van der Waals surface area contributed by atoms with Gasteiger partial charge in [0.15, 0.2) is 5.78 Å². The maximum absolute atomic E-state index is 12.2. The van der Waals surface area contributed by atoms with Gasteiger partial charge >= 0.3 is 6.61 Å². The highest BCUT2D eigenvalue weighted by atomic mass is 35.5. The van der Waals surface area contributed by atoms with Crippen molar-refractivity contribution in [2.45, 2.75) is 13.2 Å². The number of Topliss-reactive ketones (excluding diaryl/α,β-unsaturated/α-hetero) is 1. The molecule has 0 amide bonds. The van der Waals surface area contributed by atoms with E-state index in [9.17, 15) is 13.6 Å². The number of hydrogen-bond donors (Lipinski definition) is 0. The summed E-state index contributed by atoms with van der Waals surface area (Å²) >= 11 is 6.07. The van der Waals surface area contributed by atoms with Crippen LogP contribution in [0.4, 0.5) is 8.78 Å². The number of carbonyl (C=O) groups excluding carboxylic acids is 1. The number of aromatic nitrogens is 4. The third-order valence-electron chi connectivity index (χ3n) is 3.25. The summed E-state index contributed by atoms with van der Waals surface area (Å²) in [6.07, 6.45) is 0.